The highest BCUT2D eigenvalue weighted by Gasteiger charge is 2.42. The first-order valence-corrected chi connectivity index (χ1v) is 5.75. The summed E-state index contributed by atoms with van der Waals surface area (Å²) in [6.45, 7) is 2.92. The van der Waals surface area contributed by atoms with Crippen LogP contribution < -0.4 is 10.6 Å². The van der Waals surface area contributed by atoms with Gasteiger partial charge < -0.3 is 10.6 Å². The monoisotopic (exact) mass is 217 g/mol. The highest BCUT2D eigenvalue weighted by molar-refractivity contribution is 5.98. The van der Waals surface area contributed by atoms with Crippen molar-refractivity contribution in [2.45, 2.75) is 6.04 Å². The smallest absolute Gasteiger partial charge is 0.198 e. The number of ketones is 1. The minimum absolute atomic E-state index is 0.0464. The van der Waals surface area contributed by atoms with Crippen molar-refractivity contribution in [2.75, 3.05) is 19.6 Å². The van der Waals surface area contributed by atoms with E-state index in [1.165, 1.54) is 0 Å². The number of nitrogens with one attached hydrogen (secondary N) is 2. The van der Waals surface area contributed by atoms with E-state index >= 15 is 0 Å². The van der Waals surface area contributed by atoms with E-state index in [9.17, 15) is 4.79 Å². The molecule has 0 aliphatic carbocycles. The Balaban J connectivity index is 1.81. The number of hydrogen-bond acceptors (Lipinski definition) is 4. The fourth-order valence-electron chi connectivity index (χ4n) is 2.75. The minimum atomic E-state index is -0.0464. The molecule has 0 amide bonds. The van der Waals surface area contributed by atoms with Crippen molar-refractivity contribution in [3.8, 4) is 0 Å². The van der Waals surface area contributed by atoms with Crippen molar-refractivity contribution in [1.29, 1.82) is 0 Å². The van der Waals surface area contributed by atoms with E-state index in [0.717, 1.165) is 19.6 Å². The van der Waals surface area contributed by atoms with E-state index in [0.29, 0.717) is 17.5 Å². The Morgan fingerprint density at radius 3 is 3.06 bits per heavy atom. The summed E-state index contributed by atoms with van der Waals surface area (Å²) >= 11 is 0. The summed E-state index contributed by atoms with van der Waals surface area (Å²) in [4.78, 5) is 16.4. The van der Waals surface area contributed by atoms with Gasteiger partial charge in [0, 0.05) is 19.3 Å². The number of carbonyl (C=O) groups is 1. The molecule has 3 atom stereocenters. The van der Waals surface area contributed by atoms with Gasteiger partial charge in [0.25, 0.3) is 0 Å². The Hall–Kier alpha value is -1.26. The fraction of sp³-hybridized carbons (Fsp3) is 0.500. The quantitative estimate of drug-likeness (QED) is 0.688. The fourth-order valence-corrected chi connectivity index (χ4v) is 2.75. The van der Waals surface area contributed by atoms with Crippen LogP contribution in [0.15, 0.2) is 24.4 Å². The second kappa shape index (κ2) is 3.96. The van der Waals surface area contributed by atoms with Crippen LogP contribution in [0.2, 0.25) is 0 Å². The largest absolute Gasteiger partial charge is 0.316 e. The van der Waals surface area contributed by atoms with Crippen molar-refractivity contribution in [1.82, 2.24) is 15.6 Å². The third kappa shape index (κ3) is 1.54. The zero-order valence-corrected chi connectivity index (χ0v) is 9.02. The van der Waals surface area contributed by atoms with Crippen molar-refractivity contribution >= 4 is 5.78 Å². The Morgan fingerprint density at radius 2 is 2.25 bits per heavy atom. The molecule has 1 aromatic heterocycles. The number of hydrogen-bond donors (Lipinski definition) is 2. The van der Waals surface area contributed by atoms with E-state index in [1.54, 1.807) is 12.3 Å². The summed E-state index contributed by atoms with van der Waals surface area (Å²) in [5.41, 5.74) is 0.576. The van der Waals surface area contributed by atoms with Gasteiger partial charge in [0.1, 0.15) is 5.69 Å². The van der Waals surface area contributed by atoms with E-state index in [2.05, 4.69) is 15.6 Å². The summed E-state index contributed by atoms with van der Waals surface area (Å²) in [5.74, 6) is 1.18. The van der Waals surface area contributed by atoms with Gasteiger partial charge in [0.05, 0.1) is 6.04 Å². The number of fused-ring (bicyclic) bond motifs is 1. The van der Waals surface area contributed by atoms with Gasteiger partial charge >= 0.3 is 0 Å². The van der Waals surface area contributed by atoms with Crippen LogP contribution >= 0.6 is 0 Å². The lowest BCUT2D eigenvalue weighted by atomic mass is 9.91. The maximum atomic E-state index is 12.2. The highest BCUT2D eigenvalue weighted by atomic mass is 16.1. The molecule has 0 aromatic carbocycles. The molecule has 0 spiro atoms. The Labute approximate surface area is 94.5 Å². The van der Waals surface area contributed by atoms with Crippen molar-refractivity contribution in [3.63, 3.8) is 0 Å². The first-order valence-electron chi connectivity index (χ1n) is 5.75. The second-order valence-corrected chi connectivity index (χ2v) is 4.55. The first kappa shape index (κ1) is 9.93. The van der Waals surface area contributed by atoms with Crippen LogP contribution in [0.5, 0.6) is 0 Å². The molecule has 0 saturated carbocycles. The lowest BCUT2D eigenvalue weighted by molar-refractivity contribution is 0.0925. The number of aromatic nitrogens is 1. The molecule has 2 saturated heterocycles. The molecule has 2 aliphatic rings. The van der Waals surface area contributed by atoms with E-state index < -0.39 is 0 Å². The first-order chi connectivity index (χ1) is 7.86. The van der Waals surface area contributed by atoms with Crippen LogP contribution in [0.25, 0.3) is 0 Å². The predicted octanol–water partition coefficient (Wildman–Crippen LogP) is 0.0717. The lowest BCUT2D eigenvalue weighted by Gasteiger charge is -2.15. The molecular weight excluding hydrogens is 202 g/mol. The Morgan fingerprint density at radius 1 is 1.31 bits per heavy atom. The SMILES string of the molecule is O=C(c1ccccn1)C1NCC2CNCC21. The molecular formula is C12H15N3O. The maximum Gasteiger partial charge on any atom is 0.198 e. The van der Waals surface area contributed by atoms with Crippen LogP contribution in [0.4, 0.5) is 0 Å². The molecule has 1 aromatic rings. The summed E-state index contributed by atoms with van der Waals surface area (Å²) in [5, 5.41) is 6.68. The average molecular weight is 217 g/mol. The Bertz CT molecular complexity index is 393. The zero-order chi connectivity index (χ0) is 11.0. The van der Waals surface area contributed by atoms with Crippen LogP contribution in [-0.2, 0) is 0 Å². The second-order valence-electron chi connectivity index (χ2n) is 4.55. The topological polar surface area (TPSA) is 54.0 Å². The lowest BCUT2D eigenvalue weighted by Crippen LogP contribution is -2.38. The number of pyridine rings is 1. The molecule has 3 rings (SSSR count). The maximum absolute atomic E-state index is 12.2. The highest BCUT2D eigenvalue weighted by Crippen LogP contribution is 2.27. The molecule has 2 aliphatic heterocycles. The van der Waals surface area contributed by atoms with E-state index in [1.807, 2.05) is 12.1 Å². The molecule has 3 heterocycles. The molecule has 0 radical (unpaired) electrons. The molecule has 4 nitrogen and oxygen atoms in total. The molecule has 2 fully saturated rings. The number of Topliss-reactive ketones (excluding diaryl/α,β-unsaturated/α-hetero) is 1. The van der Waals surface area contributed by atoms with Gasteiger partial charge in [0.15, 0.2) is 5.78 Å². The number of rotatable bonds is 2. The van der Waals surface area contributed by atoms with Gasteiger partial charge in [0.2, 0.25) is 0 Å². The molecule has 84 valence electrons. The number of nitrogens with zero attached hydrogens (tertiary/aromatic N) is 1. The van der Waals surface area contributed by atoms with E-state index in [-0.39, 0.29) is 11.8 Å². The van der Waals surface area contributed by atoms with Gasteiger partial charge in [-0.05, 0) is 30.5 Å². The summed E-state index contributed by atoms with van der Waals surface area (Å²) in [6.07, 6.45) is 1.67. The van der Waals surface area contributed by atoms with Gasteiger partial charge in [-0.1, -0.05) is 6.07 Å². The Kier molecular flexibility index (Phi) is 2.46. The van der Waals surface area contributed by atoms with Crippen molar-refractivity contribution in [3.05, 3.63) is 30.1 Å². The predicted molar refractivity (Wildman–Crippen MR) is 60.2 cm³/mol. The molecule has 3 unspecified atom stereocenters. The van der Waals surface area contributed by atoms with Gasteiger partial charge in [-0.3, -0.25) is 9.78 Å². The molecule has 0 bridgehead atoms. The molecule has 2 N–H and O–H groups in total. The summed E-state index contributed by atoms with van der Waals surface area (Å²) < 4.78 is 0. The normalized spacial score (nSPS) is 32.6. The van der Waals surface area contributed by atoms with Crippen LogP contribution in [0.3, 0.4) is 0 Å². The van der Waals surface area contributed by atoms with Gasteiger partial charge in [-0.15, -0.1) is 0 Å². The molecule has 4 heteroatoms. The van der Waals surface area contributed by atoms with Crippen LogP contribution in [0.1, 0.15) is 10.5 Å². The zero-order valence-electron chi connectivity index (χ0n) is 9.02. The van der Waals surface area contributed by atoms with Gasteiger partial charge in [-0.25, -0.2) is 0 Å². The van der Waals surface area contributed by atoms with Crippen LogP contribution in [0, 0.1) is 11.8 Å². The van der Waals surface area contributed by atoms with E-state index in [4.69, 9.17) is 0 Å². The minimum Gasteiger partial charge on any atom is -0.316 e. The average Bonchev–Trinajstić information content (AvgIpc) is 2.91. The summed E-state index contributed by atoms with van der Waals surface area (Å²) in [7, 11) is 0. The van der Waals surface area contributed by atoms with Crippen molar-refractivity contribution < 1.29 is 4.79 Å². The third-order valence-electron chi connectivity index (χ3n) is 3.62. The van der Waals surface area contributed by atoms with Crippen molar-refractivity contribution in [2.24, 2.45) is 11.8 Å². The number of carbonyl (C=O) groups excluding carboxylic acids is 1. The third-order valence-corrected chi connectivity index (χ3v) is 3.62. The van der Waals surface area contributed by atoms with Crippen LogP contribution in [-0.4, -0.2) is 36.4 Å². The summed E-state index contributed by atoms with van der Waals surface area (Å²) in [6, 6.07) is 5.44. The standard InChI is InChI=1S/C12H15N3O/c16-12(10-3-1-2-4-14-10)11-9-7-13-5-8(9)6-15-11/h1-4,8-9,11,13,15H,5-7H2. The van der Waals surface area contributed by atoms with Gasteiger partial charge in [-0.2, -0.15) is 0 Å². The molecule has 16 heavy (non-hydrogen) atoms.